The maximum atomic E-state index is 14.0. The summed E-state index contributed by atoms with van der Waals surface area (Å²) in [6.07, 6.45) is 0.207. The van der Waals surface area contributed by atoms with Crippen LogP contribution in [0.5, 0.6) is 0 Å². The van der Waals surface area contributed by atoms with Gasteiger partial charge in [-0.2, -0.15) is 8.42 Å². The van der Waals surface area contributed by atoms with Crippen molar-refractivity contribution >= 4 is 38.1 Å². The summed E-state index contributed by atoms with van der Waals surface area (Å²) in [5, 5.41) is 8.07. The van der Waals surface area contributed by atoms with Crippen molar-refractivity contribution in [1.82, 2.24) is 20.0 Å². The van der Waals surface area contributed by atoms with E-state index >= 15 is 0 Å². The van der Waals surface area contributed by atoms with E-state index in [1.54, 1.807) is 36.5 Å². The number of benzene rings is 2. The highest BCUT2D eigenvalue weighted by Crippen LogP contribution is 2.45. The van der Waals surface area contributed by atoms with Crippen LogP contribution in [0.2, 0.25) is 0 Å². The molecule has 0 saturated carbocycles. The zero-order valence-electron chi connectivity index (χ0n) is 21.5. The van der Waals surface area contributed by atoms with Gasteiger partial charge in [0.15, 0.2) is 23.7 Å². The first-order valence-corrected chi connectivity index (χ1v) is 15.6. The van der Waals surface area contributed by atoms with Crippen LogP contribution < -0.4 is 0 Å². The molecule has 0 radical (unpaired) electrons. The van der Waals surface area contributed by atoms with Gasteiger partial charge in [-0.25, -0.2) is 22.0 Å². The molecule has 2 aliphatic rings. The van der Waals surface area contributed by atoms with Crippen LogP contribution in [0, 0.1) is 17.5 Å². The Morgan fingerprint density at radius 3 is 2.51 bits per heavy atom. The van der Waals surface area contributed by atoms with Crippen LogP contribution in [0.15, 0.2) is 76.5 Å². The Bertz CT molecular complexity index is 1710. The van der Waals surface area contributed by atoms with E-state index in [0.717, 1.165) is 23.9 Å². The van der Waals surface area contributed by atoms with E-state index in [4.69, 9.17) is 18.4 Å². The number of ether oxygens (including phenoxy) is 3. The van der Waals surface area contributed by atoms with Gasteiger partial charge < -0.3 is 14.2 Å². The third-order valence-corrected chi connectivity index (χ3v) is 8.65. The molecule has 0 spiro atoms. The molecule has 0 bridgehead atoms. The molecule has 2 fully saturated rings. The van der Waals surface area contributed by atoms with Crippen molar-refractivity contribution in [3.05, 3.63) is 94.6 Å². The first kappa shape index (κ1) is 30.1. The van der Waals surface area contributed by atoms with Gasteiger partial charge in [0.25, 0.3) is 0 Å². The van der Waals surface area contributed by atoms with Crippen LogP contribution in [0.3, 0.4) is 0 Å². The van der Waals surface area contributed by atoms with Crippen LogP contribution in [0.25, 0.3) is 11.3 Å². The molecule has 4 unspecified atom stereocenters. The van der Waals surface area contributed by atoms with Crippen LogP contribution in [0.1, 0.15) is 17.9 Å². The molecule has 0 aliphatic carbocycles. The van der Waals surface area contributed by atoms with E-state index in [1.807, 2.05) is 6.07 Å². The second-order valence-corrected chi connectivity index (χ2v) is 12.6. The topological polar surface area (TPSA) is 135 Å². The molecular weight excluding hydrogens is 681 g/mol. The first-order valence-electron chi connectivity index (χ1n) is 12.5. The fraction of sp³-hybridized carbons (Fsp3) is 0.269. The smallest absolute Gasteiger partial charge is 0.356 e. The number of halogens is 4. The van der Waals surface area contributed by atoms with Crippen molar-refractivity contribution in [3.63, 3.8) is 0 Å². The Hall–Kier alpha value is -2.90. The number of hydrogen-bond acceptors (Lipinski definition) is 10. The van der Waals surface area contributed by atoms with E-state index < -0.39 is 63.9 Å². The zero-order valence-corrected chi connectivity index (χ0v) is 24.8. The summed E-state index contributed by atoms with van der Waals surface area (Å²) in [7, 11) is -5.07. The summed E-state index contributed by atoms with van der Waals surface area (Å²) in [5.41, 5.74) is -0.614. The molecule has 4 heterocycles. The van der Waals surface area contributed by atoms with E-state index in [2.05, 4.69) is 31.2 Å². The highest BCUT2D eigenvalue weighted by Gasteiger charge is 2.53. The quantitative estimate of drug-likeness (QED) is 0.209. The van der Waals surface area contributed by atoms with Gasteiger partial charge in [-0.05, 0) is 34.1 Å². The molecule has 2 aromatic heterocycles. The fourth-order valence-corrected chi connectivity index (χ4v) is 7.05. The molecule has 1 N–H and O–H groups in total. The van der Waals surface area contributed by atoms with E-state index in [9.17, 15) is 26.1 Å². The van der Waals surface area contributed by atoms with Crippen LogP contribution in [0.4, 0.5) is 13.2 Å². The lowest BCUT2D eigenvalue weighted by Crippen LogP contribution is -2.59. The summed E-state index contributed by atoms with van der Waals surface area (Å²) in [6.45, 7) is 0.0169. The van der Waals surface area contributed by atoms with Gasteiger partial charge in [0.05, 0.1) is 12.8 Å². The predicted molar refractivity (Wildman–Crippen MR) is 147 cm³/mol. The molecule has 2 saturated heterocycles. The summed E-state index contributed by atoms with van der Waals surface area (Å²) in [5.74, 6) is -4.50. The lowest BCUT2D eigenvalue weighted by atomic mass is 9.96. The van der Waals surface area contributed by atoms with Crippen molar-refractivity contribution < 1.29 is 44.5 Å². The van der Waals surface area contributed by atoms with Gasteiger partial charge in [0.1, 0.15) is 35.5 Å². The average Bonchev–Trinajstić information content (AvgIpc) is 3.45. The Balaban J connectivity index is 1.43. The SMILES string of the molecule is O=S(=O)(O)OC1C(n2cc(-c3cc(F)c(F)c(F)c3)nn2)[C@H]2OC(c3ccccc3)OCC2O[C@@H]1Sc1cncc(Br)c1. The van der Waals surface area contributed by atoms with Crippen LogP contribution in [-0.2, 0) is 28.8 Å². The van der Waals surface area contributed by atoms with Crippen molar-refractivity contribution in [1.29, 1.82) is 0 Å². The number of rotatable bonds is 7. The van der Waals surface area contributed by atoms with E-state index in [1.165, 1.54) is 17.1 Å². The molecule has 6 rings (SSSR count). The minimum atomic E-state index is -5.07. The van der Waals surface area contributed by atoms with Gasteiger partial charge in [-0.15, -0.1) is 5.10 Å². The second-order valence-electron chi connectivity index (χ2n) is 9.49. The minimum Gasteiger partial charge on any atom is -0.356 e. The Kier molecular flexibility index (Phi) is 8.58. The zero-order chi connectivity index (χ0) is 30.3. The second kappa shape index (κ2) is 12.2. The number of aromatic nitrogens is 4. The average molecular weight is 701 g/mol. The summed E-state index contributed by atoms with van der Waals surface area (Å²) in [4.78, 5) is 4.68. The standard InChI is InChI=1S/C26H20BrF3N4O7S2/c27-15-8-16(10-31-9-15)42-26-24(41-43(35,36)37)22(23-20(39-26)12-38-25(40-23)13-4-2-1-3-5-13)34-11-19(32-33-34)14-6-17(28)21(30)18(29)7-14/h1-11,20,22-26H,12H2,(H,35,36,37)/t20?,22?,23-,24?,25?,26+/m0/s1. The van der Waals surface area contributed by atoms with Gasteiger partial charge in [-0.3, -0.25) is 9.54 Å². The molecule has 4 aromatic rings. The van der Waals surface area contributed by atoms with Gasteiger partial charge in [0.2, 0.25) is 0 Å². The van der Waals surface area contributed by atoms with Crippen molar-refractivity contribution in [3.8, 4) is 11.3 Å². The monoisotopic (exact) mass is 700 g/mol. The molecule has 226 valence electrons. The lowest BCUT2D eigenvalue weighted by molar-refractivity contribution is -0.304. The molecule has 17 heteroatoms. The Morgan fingerprint density at radius 2 is 1.81 bits per heavy atom. The lowest BCUT2D eigenvalue weighted by Gasteiger charge is -2.48. The molecule has 11 nitrogen and oxygen atoms in total. The third-order valence-electron chi connectivity index (χ3n) is 6.64. The summed E-state index contributed by atoms with van der Waals surface area (Å²) >= 11 is 4.40. The molecule has 0 amide bonds. The van der Waals surface area contributed by atoms with Crippen molar-refractivity contribution in [2.75, 3.05) is 6.61 Å². The number of hydrogen-bond donors (Lipinski definition) is 1. The first-order chi connectivity index (χ1) is 20.6. The summed E-state index contributed by atoms with van der Waals surface area (Å²) in [6, 6.07) is 11.0. The fourth-order valence-electron chi connectivity index (χ4n) is 4.83. The number of fused-ring (bicyclic) bond motifs is 1. The maximum Gasteiger partial charge on any atom is 0.397 e. The number of thioether (sulfide) groups is 1. The summed E-state index contributed by atoms with van der Waals surface area (Å²) < 4.78 is 101. The molecule has 6 atom stereocenters. The van der Waals surface area contributed by atoms with E-state index in [-0.39, 0.29) is 17.9 Å². The Morgan fingerprint density at radius 1 is 1.07 bits per heavy atom. The van der Waals surface area contributed by atoms with Gasteiger partial charge >= 0.3 is 10.4 Å². The highest BCUT2D eigenvalue weighted by atomic mass is 79.9. The van der Waals surface area contributed by atoms with Crippen LogP contribution >= 0.6 is 27.7 Å². The maximum absolute atomic E-state index is 14.0. The molecular formula is C26H20BrF3N4O7S2. The van der Waals surface area contributed by atoms with Gasteiger partial charge in [-0.1, -0.05) is 47.3 Å². The van der Waals surface area contributed by atoms with Crippen molar-refractivity contribution in [2.24, 2.45) is 0 Å². The largest absolute Gasteiger partial charge is 0.397 e. The predicted octanol–water partition coefficient (Wildman–Crippen LogP) is 4.88. The molecule has 2 aliphatic heterocycles. The molecule has 2 aromatic carbocycles. The van der Waals surface area contributed by atoms with Crippen molar-refractivity contribution in [2.45, 2.75) is 41.0 Å². The number of nitrogens with zero attached hydrogens (tertiary/aromatic N) is 4. The highest BCUT2D eigenvalue weighted by molar-refractivity contribution is 9.10. The van der Waals surface area contributed by atoms with E-state index in [0.29, 0.717) is 14.9 Å². The van der Waals surface area contributed by atoms with Gasteiger partial charge in [0, 0.05) is 32.9 Å². The molecule has 43 heavy (non-hydrogen) atoms. The minimum absolute atomic E-state index is 0.0169. The van der Waals surface area contributed by atoms with Crippen LogP contribution in [-0.4, -0.2) is 63.3 Å². The normalized spacial score (nSPS) is 25.8. The third kappa shape index (κ3) is 6.63. The number of pyridine rings is 1. The Labute approximate surface area is 255 Å².